The van der Waals surface area contributed by atoms with Crippen molar-refractivity contribution in [3.8, 4) is 5.75 Å². The minimum Gasteiger partial charge on any atom is -0.405 e. The van der Waals surface area contributed by atoms with E-state index in [0.717, 1.165) is 22.3 Å². The lowest BCUT2D eigenvalue weighted by molar-refractivity contribution is -0.274. The summed E-state index contributed by atoms with van der Waals surface area (Å²) in [5, 5.41) is 8.80. The Bertz CT molecular complexity index is 752. The molecule has 0 fully saturated rings. The molecule has 0 unspecified atom stereocenters. The van der Waals surface area contributed by atoms with Gasteiger partial charge in [-0.05, 0) is 62.9 Å². The number of ether oxygens (including phenoxy) is 1. The fraction of sp³-hybridized carbons (Fsp3) is 0.333. The van der Waals surface area contributed by atoms with Crippen LogP contribution in [0.25, 0.3) is 6.08 Å². The van der Waals surface area contributed by atoms with Gasteiger partial charge < -0.3 is 9.84 Å². The smallest absolute Gasteiger partial charge is 0.405 e. The van der Waals surface area contributed by atoms with Gasteiger partial charge in [0, 0.05) is 0 Å². The van der Waals surface area contributed by atoms with E-state index in [1.807, 2.05) is 44.2 Å². The molecule has 0 saturated heterocycles. The first kappa shape index (κ1) is 21.8. The molecule has 5 heteroatoms. The Morgan fingerprint density at radius 2 is 1.73 bits per heavy atom. The normalized spacial score (nSPS) is 13.9. The summed E-state index contributed by atoms with van der Waals surface area (Å²) in [5.74, 6) is -0.161. The van der Waals surface area contributed by atoms with Gasteiger partial charge in [0.1, 0.15) is 5.75 Å². The van der Waals surface area contributed by atoms with Gasteiger partial charge in [-0.1, -0.05) is 47.6 Å². The first-order chi connectivity index (χ1) is 12.0. The zero-order valence-corrected chi connectivity index (χ0v) is 15.7. The predicted molar refractivity (Wildman–Crippen MR) is 100 cm³/mol. The van der Waals surface area contributed by atoms with Crippen LogP contribution in [0.2, 0.25) is 0 Å². The monoisotopic (exact) mass is 366 g/mol. The summed E-state index contributed by atoms with van der Waals surface area (Å²) in [5.41, 5.74) is 4.77. The second kappa shape index (κ2) is 9.43. The van der Waals surface area contributed by atoms with Crippen LogP contribution in [-0.2, 0) is 0 Å². The molecule has 2 nitrogen and oxygen atoms in total. The first-order valence-corrected chi connectivity index (χ1v) is 8.22. The molecule has 0 radical (unpaired) electrons. The quantitative estimate of drug-likeness (QED) is 0.629. The van der Waals surface area contributed by atoms with Gasteiger partial charge in [0.05, 0.1) is 6.61 Å². The number of aliphatic hydroxyl groups is 1. The topological polar surface area (TPSA) is 29.5 Å². The van der Waals surface area contributed by atoms with Crippen LogP contribution in [0.4, 0.5) is 13.2 Å². The number of hydrogen-bond acceptors (Lipinski definition) is 2. The van der Waals surface area contributed by atoms with E-state index in [1.165, 1.54) is 6.07 Å². The maximum absolute atomic E-state index is 12.5. The van der Waals surface area contributed by atoms with Crippen LogP contribution in [0.3, 0.4) is 0 Å². The van der Waals surface area contributed by atoms with Crippen LogP contribution in [-0.4, -0.2) is 18.1 Å². The second-order valence-electron chi connectivity index (χ2n) is 6.14. The van der Waals surface area contributed by atoms with Crippen molar-refractivity contribution >= 4 is 6.08 Å². The van der Waals surface area contributed by atoms with E-state index in [-0.39, 0.29) is 12.4 Å². The van der Waals surface area contributed by atoms with E-state index in [1.54, 1.807) is 26.8 Å². The Labute approximate surface area is 153 Å². The summed E-state index contributed by atoms with van der Waals surface area (Å²) in [6.07, 6.45) is 6.50. The average molecular weight is 366 g/mol. The van der Waals surface area contributed by atoms with Gasteiger partial charge in [0.25, 0.3) is 0 Å². The molecule has 0 saturated carbocycles. The summed E-state index contributed by atoms with van der Waals surface area (Å²) in [7, 11) is 0. The molecular formula is C21H25F3O2. The number of hydrogen-bond donors (Lipinski definition) is 1. The van der Waals surface area contributed by atoms with Gasteiger partial charge in [-0.15, -0.1) is 13.2 Å². The fourth-order valence-corrected chi connectivity index (χ4v) is 2.39. The van der Waals surface area contributed by atoms with Crippen molar-refractivity contribution in [2.24, 2.45) is 0 Å². The SMILES string of the molecule is CC(/C=C/c1c(C)cc(OC(F)(F)F)c(C)c1C)=C\C=C\C(C)=C\CO. The molecule has 0 atom stereocenters. The highest BCUT2D eigenvalue weighted by Crippen LogP contribution is 2.32. The van der Waals surface area contributed by atoms with E-state index in [2.05, 4.69) is 4.74 Å². The summed E-state index contributed by atoms with van der Waals surface area (Å²) < 4.78 is 41.6. The molecule has 1 N–H and O–H groups in total. The number of benzene rings is 1. The maximum atomic E-state index is 12.5. The Hall–Kier alpha value is -2.27. The zero-order valence-electron chi connectivity index (χ0n) is 15.7. The molecule has 1 rings (SSSR count). The van der Waals surface area contributed by atoms with Gasteiger partial charge in [-0.3, -0.25) is 0 Å². The van der Waals surface area contributed by atoms with E-state index in [4.69, 9.17) is 5.11 Å². The highest BCUT2D eigenvalue weighted by molar-refractivity contribution is 5.64. The largest absolute Gasteiger partial charge is 0.573 e. The number of allylic oxidation sites excluding steroid dienone is 6. The lowest BCUT2D eigenvalue weighted by Gasteiger charge is -2.16. The molecule has 0 aliphatic carbocycles. The number of alkyl halides is 3. The van der Waals surface area contributed by atoms with Crippen LogP contribution in [0.15, 0.2) is 47.6 Å². The molecule has 1 aromatic rings. The van der Waals surface area contributed by atoms with E-state index < -0.39 is 6.36 Å². The van der Waals surface area contributed by atoms with Crippen LogP contribution in [0, 0.1) is 20.8 Å². The van der Waals surface area contributed by atoms with Crippen molar-refractivity contribution in [1.29, 1.82) is 0 Å². The summed E-state index contributed by atoms with van der Waals surface area (Å²) in [4.78, 5) is 0. The van der Waals surface area contributed by atoms with Gasteiger partial charge >= 0.3 is 6.36 Å². The highest BCUT2D eigenvalue weighted by atomic mass is 19.4. The molecule has 0 aliphatic heterocycles. The number of rotatable bonds is 6. The third-order valence-corrected chi connectivity index (χ3v) is 3.98. The van der Waals surface area contributed by atoms with Gasteiger partial charge in [-0.2, -0.15) is 0 Å². The Balaban J connectivity index is 3.05. The van der Waals surface area contributed by atoms with Gasteiger partial charge in [-0.25, -0.2) is 0 Å². The minimum absolute atomic E-state index is 0.00469. The Morgan fingerprint density at radius 1 is 1.08 bits per heavy atom. The van der Waals surface area contributed by atoms with E-state index >= 15 is 0 Å². The summed E-state index contributed by atoms with van der Waals surface area (Å²) in [6.45, 7) is 9.00. The number of aryl methyl sites for hydroxylation is 1. The fourth-order valence-electron chi connectivity index (χ4n) is 2.39. The van der Waals surface area contributed by atoms with Crippen molar-refractivity contribution in [3.63, 3.8) is 0 Å². The molecule has 26 heavy (non-hydrogen) atoms. The van der Waals surface area contributed by atoms with E-state index in [9.17, 15) is 13.2 Å². The van der Waals surface area contributed by atoms with Crippen LogP contribution in [0.5, 0.6) is 5.75 Å². The zero-order chi connectivity index (χ0) is 19.9. The Morgan fingerprint density at radius 3 is 2.31 bits per heavy atom. The van der Waals surface area contributed by atoms with Crippen molar-refractivity contribution < 1.29 is 23.0 Å². The molecule has 1 aromatic carbocycles. The molecule has 142 valence electrons. The van der Waals surface area contributed by atoms with Gasteiger partial charge in [0.2, 0.25) is 0 Å². The van der Waals surface area contributed by atoms with Gasteiger partial charge in [0.15, 0.2) is 0 Å². The predicted octanol–water partition coefficient (Wildman–Crippen LogP) is 5.96. The summed E-state index contributed by atoms with van der Waals surface area (Å²) in [6, 6.07) is 1.41. The summed E-state index contributed by atoms with van der Waals surface area (Å²) >= 11 is 0. The minimum atomic E-state index is -4.70. The van der Waals surface area contributed by atoms with Crippen molar-refractivity contribution in [2.45, 2.75) is 41.0 Å². The van der Waals surface area contributed by atoms with Crippen molar-refractivity contribution in [3.05, 3.63) is 69.8 Å². The lowest BCUT2D eigenvalue weighted by Crippen LogP contribution is -2.18. The van der Waals surface area contributed by atoms with E-state index in [0.29, 0.717) is 11.1 Å². The van der Waals surface area contributed by atoms with Crippen LogP contribution < -0.4 is 4.74 Å². The number of aliphatic hydroxyl groups excluding tert-OH is 1. The third-order valence-electron chi connectivity index (χ3n) is 3.98. The van der Waals surface area contributed by atoms with Crippen molar-refractivity contribution in [2.75, 3.05) is 6.61 Å². The van der Waals surface area contributed by atoms with Crippen LogP contribution in [0.1, 0.15) is 36.1 Å². The second-order valence-corrected chi connectivity index (χ2v) is 6.14. The molecular weight excluding hydrogens is 341 g/mol. The molecule has 0 amide bonds. The van der Waals surface area contributed by atoms with Crippen LogP contribution >= 0.6 is 0 Å². The maximum Gasteiger partial charge on any atom is 0.573 e. The molecule has 0 aromatic heterocycles. The Kier molecular flexibility index (Phi) is 7.90. The molecule has 0 heterocycles. The highest BCUT2D eigenvalue weighted by Gasteiger charge is 2.32. The standard InChI is InChI=1S/C21H25F3O2/c1-14(7-6-8-15(2)11-12-25)9-10-19-16(3)13-20(18(5)17(19)4)26-21(22,23)24/h6-11,13,25H,12H2,1-5H3/b8-6+,10-9+,14-7+,15-11+. The average Bonchev–Trinajstić information content (AvgIpc) is 2.51. The molecule has 0 spiro atoms. The first-order valence-electron chi connectivity index (χ1n) is 8.22. The van der Waals surface area contributed by atoms with Crippen molar-refractivity contribution in [1.82, 2.24) is 0 Å². The lowest BCUT2D eigenvalue weighted by atomic mass is 9.96. The number of halogens is 3. The third kappa shape index (κ3) is 6.92. The molecule has 0 aliphatic rings. The molecule has 0 bridgehead atoms.